The largest absolute Gasteiger partial charge is 0.345 e. The topological polar surface area (TPSA) is 101 Å². The predicted octanol–water partition coefficient (Wildman–Crippen LogP) is 4.98. The first kappa shape index (κ1) is 21.2. The van der Waals surface area contributed by atoms with E-state index in [9.17, 15) is 14.5 Å². The first-order chi connectivity index (χ1) is 16.0. The van der Waals surface area contributed by atoms with E-state index in [0.29, 0.717) is 11.4 Å². The van der Waals surface area contributed by atoms with Crippen molar-refractivity contribution >= 4 is 28.4 Å². The maximum Gasteiger partial charge on any atom is 0.251 e. The lowest BCUT2D eigenvalue weighted by molar-refractivity contribution is -0.117. The molecule has 2 aliphatic rings. The summed E-state index contributed by atoms with van der Waals surface area (Å²) >= 11 is 0. The molecule has 0 bridgehead atoms. The molecule has 1 heterocycles. The van der Waals surface area contributed by atoms with E-state index in [-0.39, 0.29) is 24.3 Å². The van der Waals surface area contributed by atoms with E-state index in [1.54, 1.807) is 6.20 Å². The van der Waals surface area contributed by atoms with Crippen LogP contribution in [-0.2, 0) is 4.79 Å². The minimum Gasteiger partial charge on any atom is -0.345 e. The molecule has 7 nitrogen and oxygen atoms in total. The van der Waals surface area contributed by atoms with Crippen molar-refractivity contribution in [3.05, 3.63) is 64.7 Å². The molecule has 33 heavy (non-hydrogen) atoms. The number of hydrogen-bond acceptors (Lipinski definition) is 5. The van der Waals surface area contributed by atoms with Crippen molar-refractivity contribution in [2.45, 2.75) is 44.6 Å². The second-order valence-electron chi connectivity index (χ2n) is 9.30. The van der Waals surface area contributed by atoms with Gasteiger partial charge in [0.2, 0.25) is 5.91 Å². The molecule has 0 saturated heterocycles. The second kappa shape index (κ2) is 8.39. The zero-order valence-corrected chi connectivity index (χ0v) is 18.6. The van der Waals surface area contributed by atoms with Crippen LogP contribution in [0.5, 0.6) is 0 Å². The third kappa shape index (κ3) is 4.35. The monoisotopic (exact) mass is 442 g/mol. The van der Waals surface area contributed by atoms with Crippen LogP contribution in [0.15, 0.2) is 53.8 Å². The molecule has 168 valence electrons. The number of carbonyl (C=O) groups is 2. The molecule has 2 N–H and O–H groups in total. The van der Waals surface area contributed by atoms with Gasteiger partial charge in [-0.3, -0.25) is 9.59 Å². The van der Waals surface area contributed by atoms with Crippen molar-refractivity contribution in [3.63, 3.8) is 0 Å². The van der Waals surface area contributed by atoms with Crippen molar-refractivity contribution in [2.24, 2.45) is 11.1 Å². The number of nitrogens with zero attached hydrogens (tertiary/aromatic N) is 2. The van der Waals surface area contributed by atoms with Gasteiger partial charge in [0.05, 0.1) is 5.54 Å². The Labute approximate surface area is 192 Å². The van der Waals surface area contributed by atoms with Crippen molar-refractivity contribution < 1.29 is 9.59 Å². The van der Waals surface area contributed by atoms with Gasteiger partial charge in [0.1, 0.15) is 12.4 Å². The minimum absolute atomic E-state index is 0.0387. The van der Waals surface area contributed by atoms with Gasteiger partial charge >= 0.3 is 0 Å². The summed E-state index contributed by atoms with van der Waals surface area (Å²) in [5.41, 5.74) is 3.07. The first-order valence-corrected chi connectivity index (χ1v) is 11.4. The van der Waals surface area contributed by atoms with Crippen LogP contribution in [0.25, 0.3) is 21.9 Å². The zero-order chi connectivity index (χ0) is 23.0. The van der Waals surface area contributed by atoms with E-state index in [1.165, 1.54) is 0 Å². The van der Waals surface area contributed by atoms with E-state index in [1.807, 2.05) is 49.4 Å². The molecule has 2 aromatic carbocycles. The summed E-state index contributed by atoms with van der Waals surface area (Å²) < 4.78 is 0. The number of nitrogens with one attached hydrogen (secondary N) is 2. The zero-order valence-electron chi connectivity index (χ0n) is 18.6. The Kier molecular flexibility index (Phi) is 5.40. The Morgan fingerprint density at radius 1 is 1.09 bits per heavy atom. The fourth-order valence-electron chi connectivity index (χ4n) is 4.39. The third-order valence-electron chi connectivity index (χ3n) is 6.79. The predicted molar refractivity (Wildman–Crippen MR) is 128 cm³/mol. The molecule has 0 spiro atoms. The average molecular weight is 443 g/mol. The molecule has 2 fully saturated rings. The molecule has 7 heteroatoms. The molecule has 0 aliphatic heterocycles. The number of aryl methyl sites for hydroxylation is 1. The highest BCUT2D eigenvalue weighted by molar-refractivity contribution is 5.98. The standard InChI is InChI=1S/C26H26N4O3/c1-16-3-4-20(25(32)30-26(15-28-33)9-2-10-26)12-22(16)19-8-7-18-13-23(27-14-21(18)11-19)29-24(31)17-5-6-17/h3-4,7-8,11-14,17H,2,5-6,9-10,15H2,1H3,(H,30,32)(H,27,29,31). The number of anilines is 1. The SMILES string of the molecule is Cc1ccc(C(=O)NC2(CN=O)CCC2)cc1-c1ccc2cc(NC(=O)C3CC3)ncc2c1. The number of aromatic nitrogens is 1. The number of fused-ring (bicyclic) bond motifs is 1. The van der Waals surface area contributed by atoms with Gasteiger partial charge in [0.15, 0.2) is 0 Å². The summed E-state index contributed by atoms with van der Waals surface area (Å²) in [7, 11) is 0. The fourth-order valence-corrected chi connectivity index (χ4v) is 4.39. The Bertz CT molecular complexity index is 1260. The Morgan fingerprint density at radius 2 is 1.91 bits per heavy atom. The van der Waals surface area contributed by atoms with E-state index >= 15 is 0 Å². The lowest BCUT2D eigenvalue weighted by atomic mass is 9.76. The Morgan fingerprint density at radius 3 is 2.61 bits per heavy atom. The summed E-state index contributed by atoms with van der Waals surface area (Å²) in [5, 5.41) is 10.9. The van der Waals surface area contributed by atoms with Crippen LogP contribution in [-0.4, -0.2) is 28.9 Å². The van der Waals surface area contributed by atoms with E-state index in [0.717, 1.165) is 59.6 Å². The van der Waals surface area contributed by atoms with Gasteiger partial charge in [-0.2, -0.15) is 4.91 Å². The van der Waals surface area contributed by atoms with E-state index in [2.05, 4.69) is 20.8 Å². The molecule has 0 radical (unpaired) electrons. The quantitative estimate of drug-likeness (QED) is 0.504. The van der Waals surface area contributed by atoms with Gasteiger partial charge in [-0.15, -0.1) is 0 Å². The summed E-state index contributed by atoms with van der Waals surface area (Å²) in [6.07, 6.45) is 6.22. The van der Waals surface area contributed by atoms with Crippen LogP contribution in [0.3, 0.4) is 0 Å². The maximum absolute atomic E-state index is 12.9. The van der Waals surface area contributed by atoms with Crippen LogP contribution in [0.1, 0.15) is 48.0 Å². The molecule has 2 amide bonds. The highest BCUT2D eigenvalue weighted by Gasteiger charge is 2.39. The molecule has 3 aromatic rings. The third-order valence-corrected chi connectivity index (χ3v) is 6.79. The molecule has 0 unspecified atom stereocenters. The summed E-state index contributed by atoms with van der Waals surface area (Å²) in [5.74, 6) is 0.554. The van der Waals surface area contributed by atoms with Gasteiger partial charge in [-0.1, -0.05) is 23.4 Å². The lowest BCUT2D eigenvalue weighted by Gasteiger charge is -2.40. The van der Waals surface area contributed by atoms with Gasteiger partial charge in [-0.05, 0) is 85.4 Å². The average Bonchev–Trinajstić information content (AvgIpc) is 3.63. The Balaban J connectivity index is 1.39. The molecule has 2 aliphatic carbocycles. The van der Waals surface area contributed by atoms with E-state index < -0.39 is 5.54 Å². The first-order valence-electron chi connectivity index (χ1n) is 11.4. The highest BCUT2D eigenvalue weighted by Crippen LogP contribution is 2.34. The van der Waals surface area contributed by atoms with Gasteiger partial charge < -0.3 is 10.6 Å². The van der Waals surface area contributed by atoms with Gasteiger partial charge in [-0.25, -0.2) is 4.98 Å². The lowest BCUT2D eigenvalue weighted by Crippen LogP contribution is -2.55. The number of rotatable bonds is 7. The highest BCUT2D eigenvalue weighted by atomic mass is 16.3. The maximum atomic E-state index is 12.9. The van der Waals surface area contributed by atoms with Crippen LogP contribution < -0.4 is 10.6 Å². The smallest absolute Gasteiger partial charge is 0.251 e. The molecule has 5 rings (SSSR count). The van der Waals surface area contributed by atoms with Crippen molar-refractivity contribution in [2.75, 3.05) is 11.9 Å². The molecular formula is C26H26N4O3. The second-order valence-corrected chi connectivity index (χ2v) is 9.30. The van der Waals surface area contributed by atoms with Gasteiger partial charge in [0, 0.05) is 23.1 Å². The number of amides is 2. The molecular weight excluding hydrogens is 416 g/mol. The van der Waals surface area contributed by atoms with Crippen molar-refractivity contribution in [3.8, 4) is 11.1 Å². The number of nitroso groups, excluding NO2 is 1. The van der Waals surface area contributed by atoms with Crippen LogP contribution in [0.4, 0.5) is 5.82 Å². The normalized spacial score (nSPS) is 16.6. The van der Waals surface area contributed by atoms with Crippen LogP contribution in [0.2, 0.25) is 0 Å². The van der Waals surface area contributed by atoms with Crippen LogP contribution >= 0.6 is 0 Å². The number of carbonyl (C=O) groups excluding carboxylic acids is 2. The number of hydrogen-bond donors (Lipinski definition) is 2. The Hall–Kier alpha value is -3.61. The molecule has 1 aromatic heterocycles. The van der Waals surface area contributed by atoms with E-state index in [4.69, 9.17) is 0 Å². The number of pyridine rings is 1. The molecule has 0 atom stereocenters. The fraction of sp³-hybridized carbons (Fsp3) is 0.346. The van der Waals surface area contributed by atoms with Crippen LogP contribution in [0, 0.1) is 17.7 Å². The minimum atomic E-state index is -0.495. The van der Waals surface area contributed by atoms with Gasteiger partial charge in [0.25, 0.3) is 5.91 Å². The number of benzene rings is 2. The molecule has 2 saturated carbocycles. The summed E-state index contributed by atoms with van der Waals surface area (Å²) in [6.45, 7) is 2.12. The van der Waals surface area contributed by atoms with Crippen molar-refractivity contribution in [1.29, 1.82) is 0 Å². The van der Waals surface area contributed by atoms with Crippen molar-refractivity contribution in [1.82, 2.24) is 10.3 Å². The summed E-state index contributed by atoms with van der Waals surface area (Å²) in [4.78, 5) is 40.1. The summed E-state index contributed by atoms with van der Waals surface area (Å²) in [6, 6.07) is 13.6.